The first kappa shape index (κ1) is 44.3. The van der Waals surface area contributed by atoms with E-state index >= 15 is 0 Å². The van der Waals surface area contributed by atoms with Crippen LogP contribution in [0.15, 0.2) is 0 Å². The molecular formula is C43H84O2. The number of Topliss-reactive ketones (excluding diaryl/α,β-unsaturated/α-hetero) is 2. The van der Waals surface area contributed by atoms with E-state index < -0.39 is 0 Å². The summed E-state index contributed by atoms with van der Waals surface area (Å²) in [6, 6.07) is 0. The van der Waals surface area contributed by atoms with Crippen molar-refractivity contribution in [3.63, 3.8) is 0 Å². The van der Waals surface area contributed by atoms with Crippen molar-refractivity contribution in [3.05, 3.63) is 0 Å². The second-order valence-corrected chi connectivity index (χ2v) is 14.8. The fourth-order valence-corrected chi connectivity index (χ4v) is 6.84. The first-order chi connectivity index (χ1) is 22.2. The van der Waals surface area contributed by atoms with Crippen LogP contribution in [0.3, 0.4) is 0 Å². The minimum absolute atomic E-state index is 0.180. The summed E-state index contributed by atoms with van der Waals surface area (Å²) in [6.45, 7) is 4.58. The van der Waals surface area contributed by atoms with Gasteiger partial charge in [-0.1, -0.05) is 232 Å². The normalized spacial score (nSPS) is 11.4. The van der Waals surface area contributed by atoms with E-state index in [0.29, 0.717) is 12.8 Å². The lowest BCUT2D eigenvalue weighted by Crippen LogP contribution is -2.07. The van der Waals surface area contributed by atoms with Gasteiger partial charge in [0.15, 0.2) is 0 Å². The van der Waals surface area contributed by atoms with Crippen molar-refractivity contribution in [3.8, 4) is 0 Å². The van der Waals surface area contributed by atoms with Gasteiger partial charge in [0.2, 0.25) is 0 Å². The zero-order valence-electron chi connectivity index (χ0n) is 31.4. The molecule has 0 bridgehead atoms. The predicted molar refractivity (Wildman–Crippen MR) is 201 cm³/mol. The van der Waals surface area contributed by atoms with Crippen LogP contribution in [0.2, 0.25) is 0 Å². The van der Waals surface area contributed by atoms with Gasteiger partial charge in [-0.25, -0.2) is 0 Å². The van der Waals surface area contributed by atoms with Crippen LogP contribution in [0.4, 0.5) is 0 Å². The lowest BCUT2D eigenvalue weighted by molar-refractivity contribution is -0.127. The molecule has 0 aliphatic rings. The molecule has 0 unspecified atom stereocenters. The predicted octanol–water partition coefficient (Wildman–Crippen LogP) is 15.4. The molecule has 0 radical (unpaired) electrons. The van der Waals surface area contributed by atoms with Crippen LogP contribution in [0.1, 0.15) is 264 Å². The Bertz CT molecular complexity index is 532. The van der Waals surface area contributed by atoms with Gasteiger partial charge in [0.25, 0.3) is 0 Å². The Morgan fingerprint density at radius 1 is 0.244 bits per heavy atom. The third-order valence-electron chi connectivity index (χ3n) is 10.0. The summed E-state index contributed by atoms with van der Waals surface area (Å²) in [4.78, 5) is 24.4. The average molecular weight is 633 g/mol. The van der Waals surface area contributed by atoms with Gasteiger partial charge in [-0.05, 0) is 12.8 Å². The van der Waals surface area contributed by atoms with Crippen LogP contribution < -0.4 is 0 Å². The molecule has 0 aliphatic heterocycles. The zero-order valence-corrected chi connectivity index (χ0v) is 31.4. The van der Waals surface area contributed by atoms with Crippen molar-refractivity contribution < 1.29 is 9.59 Å². The second kappa shape index (κ2) is 39.5. The maximum absolute atomic E-state index is 12.2. The monoisotopic (exact) mass is 633 g/mol. The summed E-state index contributed by atoms with van der Waals surface area (Å²) in [5, 5.41) is 0. The Labute approximate surface area is 284 Å². The number of hydrogen-bond acceptors (Lipinski definition) is 2. The third kappa shape index (κ3) is 39.4. The van der Waals surface area contributed by atoms with E-state index in [1.54, 1.807) is 0 Å². The number of hydrogen-bond donors (Lipinski definition) is 0. The molecule has 0 fully saturated rings. The van der Waals surface area contributed by atoms with E-state index in [1.807, 2.05) is 0 Å². The summed E-state index contributed by atoms with van der Waals surface area (Å²) < 4.78 is 0. The number of carbonyl (C=O) groups is 2. The third-order valence-corrected chi connectivity index (χ3v) is 10.0. The summed E-state index contributed by atoms with van der Waals surface area (Å²) in [5.41, 5.74) is 0. The van der Waals surface area contributed by atoms with Crippen molar-refractivity contribution in [1.29, 1.82) is 0 Å². The van der Waals surface area contributed by atoms with Crippen molar-refractivity contribution in [2.24, 2.45) is 0 Å². The van der Waals surface area contributed by atoms with Crippen LogP contribution in [0, 0.1) is 0 Å². The van der Waals surface area contributed by atoms with E-state index in [4.69, 9.17) is 0 Å². The Kier molecular flexibility index (Phi) is 38.9. The van der Waals surface area contributed by atoms with Crippen LogP contribution in [0.5, 0.6) is 0 Å². The van der Waals surface area contributed by atoms with Crippen LogP contribution in [-0.4, -0.2) is 11.6 Å². The molecule has 0 rings (SSSR count). The maximum Gasteiger partial charge on any atom is 0.140 e. The molecule has 0 saturated carbocycles. The van der Waals surface area contributed by atoms with E-state index in [0.717, 1.165) is 25.7 Å². The highest BCUT2D eigenvalue weighted by Crippen LogP contribution is 2.17. The van der Waals surface area contributed by atoms with E-state index in [9.17, 15) is 9.59 Å². The topological polar surface area (TPSA) is 34.1 Å². The molecule has 0 aromatic rings. The molecule has 0 amide bonds. The molecule has 0 saturated heterocycles. The Morgan fingerprint density at radius 3 is 0.578 bits per heavy atom. The maximum atomic E-state index is 12.2. The minimum Gasteiger partial charge on any atom is -0.299 e. The molecule has 45 heavy (non-hydrogen) atoms. The molecular weight excluding hydrogens is 548 g/mol. The molecule has 0 atom stereocenters. The zero-order chi connectivity index (χ0) is 32.7. The Hall–Kier alpha value is -0.660. The largest absolute Gasteiger partial charge is 0.299 e. The second-order valence-electron chi connectivity index (χ2n) is 14.8. The lowest BCUT2D eigenvalue weighted by atomic mass is 10.0. The van der Waals surface area contributed by atoms with Gasteiger partial charge < -0.3 is 0 Å². The van der Waals surface area contributed by atoms with E-state index in [1.165, 1.54) is 205 Å². The lowest BCUT2D eigenvalue weighted by Gasteiger charge is -2.04. The first-order valence-electron chi connectivity index (χ1n) is 21.2. The molecule has 0 aliphatic carbocycles. The average Bonchev–Trinajstić information content (AvgIpc) is 3.03. The van der Waals surface area contributed by atoms with Crippen molar-refractivity contribution in [2.75, 3.05) is 0 Å². The molecule has 2 heteroatoms. The first-order valence-corrected chi connectivity index (χ1v) is 21.2. The molecule has 0 N–H and O–H groups in total. The van der Waals surface area contributed by atoms with Gasteiger partial charge in [-0.15, -0.1) is 0 Å². The number of unbranched alkanes of at least 4 members (excludes halogenated alkanes) is 34. The van der Waals surface area contributed by atoms with Gasteiger partial charge in [-0.2, -0.15) is 0 Å². The van der Waals surface area contributed by atoms with Gasteiger partial charge in [0.05, 0.1) is 6.42 Å². The van der Waals surface area contributed by atoms with E-state index in [-0.39, 0.29) is 18.0 Å². The Balaban J connectivity index is 3.26. The molecule has 2 nitrogen and oxygen atoms in total. The smallest absolute Gasteiger partial charge is 0.140 e. The number of rotatable bonds is 40. The van der Waals surface area contributed by atoms with Gasteiger partial charge in [0, 0.05) is 12.8 Å². The standard InChI is InChI=1S/C43H84O2/c1-3-5-7-9-11-13-15-17-19-21-23-25-27-29-31-33-35-37-39-42(44)41-43(45)40-38-36-34-32-30-28-26-24-22-20-18-16-14-12-10-8-6-4-2/h3-41H2,1-2H3. The van der Waals surface area contributed by atoms with Crippen molar-refractivity contribution in [1.82, 2.24) is 0 Å². The fourth-order valence-electron chi connectivity index (χ4n) is 6.84. The quantitative estimate of drug-likeness (QED) is 0.0497. The van der Waals surface area contributed by atoms with Crippen LogP contribution in [-0.2, 0) is 9.59 Å². The molecule has 0 spiro atoms. The molecule has 268 valence electrons. The van der Waals surface area contributed by atoms with Crippen molar-refractivity contribution in [2.45, 2.75) is 264 Å². The highest BCUT2D eigenvalue weighted by atomic mass is 16.1. The summed E-state index contributed by atoms with van der Waals surface area (Å²) in [5.74, 6) is 0.359. The summed E-state index contributed by atoms with van der Waals surface area (Å²) >= 11 is 0. The molecule has 0 aromatic heterocycles. The van der Waals surface area contributed by atoms with Gasteiger partial charge in [0.1, 0.15) is 11.6 Å². The number of ketones is 2. The SMILES string of the molecule is CCCCCCCCCCCCCCCCCCCCC(=O)CC(=O)CCCCCCCCCCCCCCCCCCCC. The minimum atomic E-state index is 0.180. The molecule has 0 aromatic carbocycles. The van der Waals surface area contributed by atoms with E-state index in [2.05, 4.69) is 13.8 Å². The van der Waals surface area contributed by atoms with Crippen LogP contribution >= 0.6 is 0 Å². The van der Waals surface area contributed by atoms with Gasteiger partial charge >= 0.3 is 0 Å². The van der Waals surface area contributed by atoms with Gasteiger partial charge in [-0.3, -0.25) is 9.59 Å². The van der Waals surface area contributed by atoms with Crippen LogP contribution in [0.25, 0.3) is 0 Å². The number of carbonyl (C=O) groups excluding carboxylic acids is 2. The van der Waals surface area contributed by atoms with Crippen molar-refractivity contribution >= 4 is 11.6 Å². The summed E-state index contributed by atoms with van der Waals surface area (Å²) in [7, 11) is 0. The summed E-state index contributed by atoms with van der Waals surface area (Å²) in [6.07, 6.45) is 50.5. The Morgan fingerprint density at radius 2 is 0.400 bits per heavy atom. The fraction of sp³-hybridized carbons (Fsp3) is 0.953. The highest BCUT2D eigenvalue weighted by molar-refractivity contribution is 5.98. The molecule has 0 heterocycles. The highest BCUT2D eigenvalue weighted by Gasteiger charge is 2.09.